The van der Waals surface area contributed by atoms with Crippen molar-refractivity contribution in [1.82, 2.24) is 0 Å². The zero-order chi connectivity index (χ0) is 25.7. The molecule has 0 radical (unpaired) electrons. The molecule has 0 aromatic heterocycles. The monoisotopic (exact) mass is 486 g/mol. The van der Waals surface area contributed by atoms with Crippen LogP contribution >= 0.6 is 0 Å². The van der Waals surface area contributed by atoms with Crippen molar-refractivity contribution >= 4 is 17.9 Å². The van der Waals surface area contributed by atoms with Gasteiger partial charge in [0.1, 0.15) is 0 Å². The Kier molecular flexibility index (Phi) is 19.7. The summed E-state index contributed by atoms with van der Waals surface area (Å²) in [5, 5.41) is 11.0. The van der Waals surface area contributed by atoms with Crippen molar-refractivity contribution in [2.75, 3.05) is 19.8 Å². The molecule has 0 aromatic carbocycles. The lowest BCUT2D eigenvalue weighted by atomic mass is 9.95. The number of aliphatic hydroxyl groups is 1. The van der Waals surface area contributed by atoms with Gasteiger partial charge in [0.25, 0.3) is 0 Å². The van der Waals surface area contributed by atoms with Crippen molar-refractivity contribution in [2.45, 2.75) is 130 Å². The molecule has 34 heavy (non-hydrogen) atoms. The molecule has 0 saturated carbocycles. The second kappa shape index (κ2) is 20.7. The van der Waals surface area contributed by atoms with Crippen LogP contribution in [0.2, 0.25) is 0 Å². The standard InChI is InChI=1S/C27H50O7/c1-5-8-11-13-15-18-32-24(28)20-27(31,26(30)33-19-16-14-12-9-6-2)21-25(29)34-22-23(4)17-10-7-3/h23,31H,5-22H2,1-4H3. The number of unbranched alkanes of at least 4 members (excludes halogenated alkanes) is 9. The third-order valence-electron chi connectivity index (χ3n) is 5.82. The highest BCUT2D eigenvalue weighted by molar-refractivity contribution is 5.90. The van der Waals surface area contributed by atoms with Crippen molar-refractivity contribution in [2.24, 2.45) is 5.92 Å². The van der Waals surface area contributed by atoms with Crippen molar-refractivity contribution in [1.29, 1.82) is 0 Å². The van der Waals surface area contributed by atoms with Gasteiger partial charge in [-0.1, -0.05) is 91.9 Å². The Labute approximate surface area is 207 Å². The van der Waals surface area contributed by atoms with Crippen molar-refractivity contribution in [3.63, 3.8) is 0 Å². The highest BCUT2D eigenvalue weighted by atomic mass is 16.6. The molecule has 2 atom stereocenters. The maximum absolute atomic E-state index is 12.7. The Hall–Kier alpha value is -1.63. The summed E-state index contributed by atoms with van der Waals surface area (Å²) in [7, 11) is 0. The SMILES string of the molecule is CCCCCCCOC(=O)CC(O)(CC(=O)OCC(C)CCCC)C(=O)OCCCCCCC. The molecule has 0 aliphatic rings. The quantitative estimate of drug-likeness (QED) is 0.116. The number of ether oxygens (including phenoxy) is 3. The molecule has 7 nitrogen and oxygen atoms in total. The fraction of sp³-hybridized carbons (Fsp3) is 0.889. The van der Waals surface area contributed by atoms with Gasteiger partial charge in [0.2, 0.25) is 0 Å². The van der Waals surface area contributed by atoms with Crippen LogP contribution in [0.15, 0.2) is 0 Å². The zero-order valence-electron chi connectivity index (χ0n) is 22.2. The van der Waals surface area contributed by atoms with E-state index in [4.69, 9.17) is 14.2 Å². The van der Waals surface area contributed by atoms with Gasteiger partial charge in [-0.3, -0.25) is 9.59 Å². The van der Waals surface area contributed by atoms with Gasteiger partial charge in [0, 0.05) is 0 Å². The second-order valence-corrected chi connectivity index (χ2v) is 9.50. The summed E-state index contributed by atoms with van der Waals surface area (Å²) in [5.74, 6) is -2.23. The minimum Gasteiger partial charge on any atom is -0.466 e. The molecule has 0 aliphatic carbocycles. The van der Waals surface area contributed by atoms with E-state index in [9.17, 15) is 19.5 Å². The molecule has 0 saturated heterocycles. The normalized spacial score (nSPS) is 13.7. The Morgan fingerprint density at radius 3 is 1.68 bits per heavy atom. The Morgan fingerprint density at radius 1 is 0.676 bits per heavy atom. The highest BCUT2D eigenvalue weighted by Gasteiger charge is 2.43. The van der Waals surface area contributed by atoms with Gasteiger partial charge in [-0.2, -0.15) is 0 Å². The summed E-state index contributed by atoms with van der Waals surface area (Å²) in [5.41, 5.74) is -2.29. The van der Waals surface area contributed by atoms with Crippen LogP contribution in [0.25, 0.3) is 0 Å². The molecule has 2 unspecified atom stereocenters. The molecule has 0 bridgehead atoms. The van der Waals surface area contributed by atoms with Crippen LogP contribution in [0.1, 0.15) is 124 Å². The third-order valence-corrected chi connectivity index (χ3v) is 5.82. The van der Waals surface area contributed by atoms with E-state index in [1.54, 1.807) is 0 Å². The average molecular weight is 487 g/mol. The van der Waals surface area contributed by atoms with Crippen LogP contribution in [-0.4, -0.2) is 48.4 Å². The maximum atomic E-state index is 12.7. The number of rotatable bonds is 22. The lowest BCUT2D eigenvalue weighted by Crippen LogP contribution is -2.45. The summed E-state index contributed by atoms with van der Waals surface area (Å²) >= 11 is 0. The van der Waals surface area contributed by atoms with E-state index in [-0.39, 0.29) is 25.7 Å². The van der Waals surface area contributed by atoms with E-state index in [1.165, 1.54) is 0 Å². The molecule has 0 spiro atoms. The number of carbonyl (C=O) groups excluding carboxylic acids is 3. The average Bonchev–Trinajstić information content (AvgIpc) is 2.80. The number of carbonyl (C=O) groups is 3. The molecule has 0 heterocycles. The van der Waals surface area contributed by atoms with E-state index in [2.05, 4.69) is 20.8 Å². The molecule has 7 heteroatoms. The van der Waals surface area contributed by atoms with Crippen LogP contribution in [0.3, 0.4) is 0 Å². The van der Waals surface area contributed by atoms with Gasteiger partial charge in [0.05, 0.1) is 32.7 Å². The van der Waals surface area contributed by atoms with Crippen LogP contribution in [0.5, 0.6) is 0 Å². The maximum Gasteiger partial charge on any atom is 0.339 e. The van der Waals surface area contributed by atoms with Gasteiger partial charge >= 0.3 is 17.9 Å². The van der Waals surface area contributed by atoms with Gasteiger partial charge in [-0.05, 0) is 25.2 Å². The fourth-order valence-electron chi connectivity index (χ4n) is 3.55. The highest BCUT2D eigenvalue weighted by Crippen LogP contribution is 2.21. The minimum absolute atomic E-state index is 0.139. The molecular weight excluding hydrogens is 436 g/mol. The first-order valence-corrected chi connectivity index (χ1v) is 13.5. The lowest BCUT2D eigenvalue weighted by Gasteiger charge is -2.24. The fourth-order valence-corrected chi connectivity index (χ4v) is 3.55. The minimum atomic E-state index is -2.29. The first kappa shape index (κ1) is 32.4. The first-order valence-electron chi connectivity index (χ1n) is 13.5. The predicted molar refractivity (Wildman–Crippen MR) is 133 cm³/mol. The third kappa shape index (κ3) is 16.9. The van der Waals surface area contributed by atoms with Crippen LogP contribution < -0.4 is 0 Å². The van der Waals surface area contributed by atoms with Crippen LogP contribution in [0.4, 0.5) is 0 Å². The van der Waals surface area contributed by atoms with Gasteiger partial charge in [0.15, 0.2) is 5.60 Å². The summed E-state index contributed by atoms with van der Waals surface area (Å²) in [6, 6.07) is 0. The predicted octanol–water partition coefficient (Wildman–Crippen LogP) is 5.89. The van der Waals surface area contributed by atoms with Crippen LogP contribution in [-0.2, 0) is 28.6 Å². The van der Waals surface area contributed by atoms with Crippen molar-refractivity contribution in [3.8, 4) is 0 Å². The zero-order valence-corrected chi connectivity index (χ0v) is 22.2. The summed E-state index contributed by atoms with van der Waals surface area (Å²) in [6.07, 6.45) is 11.6. The Balaban J connectivity index is 4.80. The second-order valence-electron chi connectivity index (χ2n) is 9.50. The largest absolute Gasteiger partial charge is 0.466 e. The molecule has 200 valence electrons. The molecule has 0 amide bonds. The van der Waals surface area contributed by atoms with E-state index in [0.717, 1.165) is 77.0 Å². The van der Waals surface area contributed by atoms with E-state index in [0.29, 0.717) is 6.42 Å². The van der Waals surface area contributed by atoms with Crippen molar-refractivity contribution < 1.29 is 33.7 Å². The Morgan fingerprint density at radius 2 is 1.15 bits per heavy atom. The van der Waals surface area contributed by atoms with E-state index in [1.807, 2.05) is 6.92 Å². The number of hydrogen-bond donors (Lipinski definition) is 1. The van der Waals surface area contributed by atoms with Gasteiger partial charge < -0.3 is 19.3 Å². The Bertz CT molecular complexity index is 549. The van der Waals surface area contributed by atoms with Crippen molar-refractivity contribution in [3.05, 3.63) is 0 Å². The number of hydrogen-bond acceptors (Lipinski definition) is 7. The van der Waals surface area contributed by atoms with Gasteiger partial charge in [-0.25, -0.2) is 4.79 Å². The summed E-state index contributed by atoms with van der Waals surface area (Å²) < 4.78 is 15.7. The molecule has 0 aromatic rings. The topological polar surface area (TPSA) is 99.1 Å². The van der Waals surface area contributed by atoms with E-state index >= 15 is 0 Å². The summed E-state index contributed by atoms with van der Waals surface area (Å²) in [6.45, 7) is 8.91. The van der Waals surface area contributed by atoms with Gasteiger partial charge in [-0.15, -0.1) is 0 Å². The number of esters is 3. The molecular formula is C27H50O7. The summed E-state index contributed by atoms with van der Waals surface area (Å²) in [4.78, 5) is 37.4. The van der Waals surface area contributed by atoms with E-state index < -0.39 is 36.4 Å². The lowest BCUT2D eigenvalue weighted by molar-refractivity contribution is -0.178. The molecule has 0 aliphatic heterocycles. The first-order chi connectivity index (χ1) is 16.3. The van der Waals surface area contributed by atoms with Crippen LogP contribution in [0, 0.1) is 5.92 Å². The molecule has 0 fully saturated rings. The smallest absolute Gasteiger partial charge is 0.339 e. The molecule has 1 N–H and O–H groups in total. The molecule has 0 rings (SSSR count).